The largest absolute Gasteiger partial charge is 0.508 e. The van der Waals surface area contributed by atoms with Gasteiger partial charge in [0.15, 0.2) is 0 Å². The zero-order chi connectivity index (χ0) is 26.0. The van der Waals surface area contributed by atoms with E-state index in [1.165, 1.54) is 82.1 Å². The van der Waals surface area contributed by atoms with Crippen LogP contribution in [0.5, 0.6) is 17.2 Å². The number of ether oxygens (including phenoxy) is 2. The van der Waals surface area contributed by atoms with E-state index in [2.05, 4.69) is 59.5 Å². The lowest BCUT2D eigenvalue weighted by molar-refractivity contribution is 0.247. The van der Waals surface area contributed by atoms with Crippen molar-refractivity contribution >= 4 is 0 Å². The topological polar surface area (TPSA) is 41.9 Å². The van der Waals surface area contributed by atoms with Gasteiger partial charge in [0, 0.05) is 23.5 Å². The smallest absolute Gasteiger partial charge is 0.126 e. The Labute approximate surface area is 228 Å². The third-order valence-electron chi connectivity index (χ3n) is 8.21. The van der Waals surface area contributed by atoms with Crippen LogP contribution in [-0.2, 0) is 0 Å². The quantitative estimate of drug-likeness (QED) is 0.236. The SMILES string of the molecule is Oc1ccc2c(c1)OCC(c1ccccc1)C2c1ccc(OCCCCCCCCCN2CCCC2)cc1. The number of phenolic OH excluding ortho intramolecular Hbond substituents is 1. The number of fused-ring (bicyclic) bond motifs is 1. The second-order valence-corrected chi connectivity index (χ2v) is 11.0. The molecule has 3 aromatic carbocycles. The molecule has 1 saturated heterocycles. The Hall–Kier alpha value is -2.98. The number of rotatable bonds is 13. The van der Waals surface area contributed by atoms with Crippen molar-refractivity contribution in [2.45, 2.75) is 69.6 Å². The molecule has 0 radical (unpaired) electrons. The van der Waals surface area contributed by atoms with Gasteiger partial charge in [0.1, 0.15) is 17.2 Å². The van der Waals surface area contributed by atoms with E-state index in [0.29, 0.717) is 6.61 Å². The van der Waals surface area contributed by atoms with Gasteiger partial charge in [-0.05, 0) is 74.6 Å². The number of benzene rings is 3. The van der Waals surface area contributed by atoms with Gasteiger partial charge in [-0.2, -0.15) is 0 Å². The van der Waals surface area contributed by atoms with Gasteiger partial charge in [-0.1, -0.05) is 80.6 Å². The molecule has 202 valence electrons. The first-order chi connectivity index (χ1) is 18.8. The minimum absolute atomic E-state index is 0.158. The maximum atomic E-state index is 9.99. The zero-order valence-electron chi connectivity index (χ0n) is 22.7. The molecule has 2 aliphatic rings. The highest BCUT2D eigenvalue weighted by Crippen LogP contribution is 2.47. The molecule has 0 saturated carbocycles. The fourth-order valence-corrected chi connectivity index (χ4v) is 6.09. The normalized spacial score (nSPS) is 19.2. The molecule has 1 N–H and O–H groups in total. The van der Waals surface area contributed by atoms with Crippen molar-refractivity contribution in [1.82, 2.24) is 4.90 Å². The summed E-state index contributed by atoms with van der Waals surface area (Å²) in [6.45, 7) is 5.32. The molecule has 38 heavy (non-hydrogen) atoms. The van der Waals surface area contributed by atoms with Crippen LogP contribution in [0.1, 0.15) is 86.3 Å². The molecule has 3 aromatic rings. The third kappa shape index (κ3) is 7.11. The standard InChI is InChI=1S/C34H43NO3/c36-29-17-20-31-33(25-29)38-26-32(27-13-7-6-8-14-27)34(31)28-15-18-30(19-16-28)37-24-12-5-3-1-2-4-9-21-35-22-10-11-23-35/h6-8,13-20,25,32,34,36H,1-5,9-12,21-24,26H2. The van der Waals surface area contributed by atoms with Gasteiger partial charge in [0.2, 0.25) is 0 Å². The molecular formula is C34H43NO3. The van der Waals surface area contributed by atoms with Crippen LogP contribution in [-0.4, -0.2) is 42.9 Å². The van der Waals surface area contributed by atoms with Gasteiger partial charge >= 0.3 is 0 Å². The Balaban J connectivity index is 1.09. The molecule has 4 nitrogen and oxygen atoms in total. The molecule has 0 aromatic heterocycles. The second-order valence-electron chi connectivity index (χ2n) is 11.0. The average Bonchev–Trinajstić information content (AvgIpc) is 3.48. The van der Waals surface area contributed by atoms with E-state index in [0.717, 1.165) is 30.1 Å². The van der Waals surface area contributed by atoms with Gasteiger partial charge in [0.05, 0.1) is 13.2 Å². The number of likely N-dealkylation sites (tertiary alicyclic amines) is 1. The summed E-state index contributed by atoms with van der Waals surface area (Å²) >= 11 is 0. The van der Waals surface area contributed by atoms with Crippen molar-refractivity contribution in [3.63, 3.8) is 0 Å². The molecule has 4 heteroatoms. The van der Waals surface area contributed by atoms with Crippen molar-refractivity contribution in [2.24, 2.45) is 0 Å². The van der Waals surface area contributed by atoms with Crippen LogP contribution in [0.4, 0.5) is 0 Å². The molecule has 0 amide bonds. The Morgan fingerprint density at radius 3 is 2.24 bits per heavy atom. The van der Waals surface area contributed by atoms with E-state index >= 15 is 0 Å². The monoisotopic (exact) mass is 513 g/mol. The Morgan fingerprint density at radius 2 is 1.47 bits per heavy atom. The van der Waals surface area contributed by atoms with E-state index in [4.69, 9.17) is 9.47 Å². The Morgan fingerprint density at radius 1 is 0.763 bits per heavy atom. The Bertz CT molecular complexity index is 1110. The highest BCUT2D eigenvalue weighted by Gasteiger charge is 2.33. The number of hydrogen-bond acceptors (Lipinski definition) is 4. The molecule has 1 fully saturated rings. The van der Waals surface area contributed by atoms with Crippen molar-refractivity contribution in [2.75, 3.05) is 32.8 Å². The predicted molar refractivity (Wildman–Crippen MR) is 155 cm³/mol. The van der Waals surface area contributed by atoms with Crippen LogP contribution in [0.15, 0.2) is 72.8 Å². The minimum atomic E-state index is 0.158. The lowest BCUT2D eigenvalue weighted by Gasteiger charge is -2.34. The summed E-state index contributed by atoms with van der Waals surface area (Å²) in [6.07, 6.45) is 11.9. The van der Waals surface area contributed by atoms with Crippen LogP contribution in [0.2, 0.25) is 0 Å². The van der Waals surface area contributed by atoms with E-state index in [-0.39, 0.29) is 17.6 Å². The van der Waals surface area contributed by atoms with Crippen LogP contribution >= 0.6 is 0 Å². The van der Waals surface area contributed by atoms with E-state index in [1.54, 1.807) is 12.1 Å². The van der Waals surface area contributed by atoms with Crippen LogP contribution in [0, 0.1) is 0 Å². The molecule has 2 aliphatic heterocycles. The van der Waals surface area contributed by atoms with Crippen molar-refractivity contribution in [3.8, 4) is 17.2 Å². The van der Waals surface area contributed by atoms with Gasteiger partial charge in [-0.25, -0.2) is 0 Å². The minimum Gasteiger partial charge on any atom is -0.508 e. The predicted octanol–water partition coefficient (Wildman–Crippen LogP) is 7.91. The van der Waals surface area contributed by atoms with Gasteiger partial charge in [-0.3, -0.25) is 0 Å². The average molecular weight is 514 g/mol. The number of hydrogen-bond donors (Lipinski definition) is 1. The zero-order valence-corrected chi connectivity index (χ0v) is 22.7. The summed E-state index contributed by atoms with van der Waals surface area (Å²) in [5, 5.41) is 9.99. The van der Waals surface area contributed by atoms with Crippen LogP contribution < -0.4 is 9.47 Å². The van der Waals surface area contributed by atoms with Gasteiger partial charge < -0.3 is 19.5 Å². The molecule has 0 aliphatic carbocycles. The van der Waals surface area contributed by atoms with E-state index in [9.17, 15) is 5.11 Å². The first-order valence-corrected chi connectivity index (χ1v) is 14.7. The number of nitrogens with zero attached hydrogens (tertiary/aromatic N) is 1. The van der Waals surface area contributed by atoms with E-state index in [1.807, 2.05) is 6.07 Å². The lowest BCUT2D eigenvalue weighted by Crippen LogP contribution is -2.25. The van der Waals surface area contributed by atoms with E-state index < -0.39 is 0 Å². The molecular weight excluding hydrogens is 470 g/mol. The third-order valence-corrected chi connectivity index (χ3v) is 8.21. The van der Waals surface area contributed by atoms with Crippen molar-refractivity contribution in [1.29, 1.82) is 0 Å². The maximum absolute atomic E-state index is 9.99. The van der Waals surface area contributed by atoms with Crippen LogP contribution in [0.3, 0.4) is 0 Å². The summed E-state index contributed by atoms with van der Waals surface area (Å²) in [4.78, 5) is 2.62. The summed E-state index contributed by atoms with van der Waals surface area (Å²) in [5.74, 6) is 2.31. The van der Waals surface area contributed by atoms with Crippen LogP contribution in [0.25, 0.3) is 0 Å². The number of phenols is 1. The van der Waals surface area contributed by atoms with Crippen molar-refractivity contribution in [3.05, 3.63) is 89.5 Å². The maximum Gasteiger partial charge on any atom is 0.126 e. The molecule has 0 spiro atoms. The first-order valence-electron chi connectivity index (χ1n) is 14.7. The lowest BCUT2D eigenvalue weighted by atomic mass is 9.76. The number of aromatic hydroxyl groups is 1. The summed E-state index contributed by atoms with van der Waals surface area (Å²) < 4.78 is 12.2. The van der Waals surface area contributed by atoms with Crippen molar-refractivity contribution < 1.29 is 14.6 Å². The van der Waals surface area contributed by atoms with Gasteiger partial charge in [0.25, 0.3) is 0 Å². The fraction of sp³-hybridized carbons (Fsp3) is 0.471. The second kappa shape index (κ2) is 13.7. The highest BCUT2D eigenvalue weighted by atomic mass is 16.5. The highest BCUT2D eigenvalue weighted by molar-refractivity contribution is 5.50. The Kier molecular flexibility index (Phi) is 9.60. The molecule has 2 atom stereocenters. The summed E-state index contributed by atoms with van der Waals surface area (Å²) in [7, 11) is 0. The van der Waals surface area contributed by atoms with Gasteiger partial charge in [-0.15, -0.1) is 0 Å². The molecule has 2 unspecified atom stereocenters. The number of unbranched alkanes of at least 4 members (excludes halogenated alkanes) is 6. The summed E-state index contributed by atoms with van der Waals surface area (Å²) in [5.41, 5.74) is 3.63. The molecule has 0 bridgehead atoms. The summed E-state index contributed by atoms with van der Waals surface area (Å²) in [6, 6.07) is 24.7. The fourth-order valence-electron chi connectivity index (χ4n) is 6.09. The molecule has 2 heterocycles. The molecule has 5 rings (SSSR count). The first kappa shape index (κ1) is 26.6.